The third kappa shape index (κ3) is 2.37. The summed E-state index contributed by atoms with van der Waals surface area (Å²) in [6.07, 6.45) is 1.92. The molecule has 4 heteroatoms. The van der Waals surface area contributed by atoms with Gasteiger partial charge in [0.05, 0.1) is 16.3 Å². The van der Waals surface area contributed by atoms with Crippen molar-refractivity contribution in [1.29, 1.82) is 0 Å². The summed E-state index contributed by atoms with van der Waals surface area (Å²) in [4.78, 5) is 4.49. The van der Waals surface area contributed by atoms with Crippen molar-refractivity contribution < 1.29 is 0 Å². The number of thiophene rings is 1. The van der Waals surface area contributed by atoms with Crippen LogP contribution in [-0.4, -0.2) is 12.0 Å². The van der Waals surface area contributed by atoms with Gasteiger partial charge in [-0.3, -0.25) is 4.98 Å². The third-order valence-electron chi connectivity index (χ3n) is 3.16. The van der Waals surface area contributed by atoms with Crippen molar-refractivity contribution in [1.82, 2.24) is 10.3 Å². The summed E-state index contributed by atoms with van der Waals surface area (Å²) < 4.78 is 1.20. The van der Waals surface area contributed by atoms with Crippen molar-refractivity contribution >= 4 is 33.2 Å². The number of halogens is 1. The smallest absolute Gasteiger partial charge is 0.0809 e. The van der Waals surface area contributed by atoms with Crippen molar-refractivity contribution in [3.63, 3.8) is 0 Å². The van der Waals surface area contributed by atoms with Crippen LogP contribution in [-0.2, 0) is 0 Å². The van der Waals surface area contributed by atoms with Crippen LogP contribution in [0.3, 0.4) is 0 Å². The fourth-order valence-electron chi connectivity index (χ4n) is 2.23. The molecule has 3 rings (SSSR count). The van der Waals surface area contributed by atoms with Gasteiger partial charge in [0.2, 0.25) is 0 Å². The molecule has 2 aromatic heterocycles. The summed E-state index contributed by atoms with van der Waals surface area (Å²) in [6.45, 7) is 0. The minimum atomic E-state index is 0.0627. The largest absolute Gasteiger partial charge is 0.309 e. The molecule has 0 aliphatic carbocycles. The van der Waals surface area contributed by atoms with Gasteiger partial charge in [-0.1, -0.05) is 29.8 Å². The van der Waals surface area contributed by atoms with Gasteiger partial charge in [0.1, 0.15) is 0 Å². The number of hydrogen-bond donors (Lipinski definition) is 1. The maximum atomic E-state index is 6.29. The monoisotopic (exact) mass is 288 g/mol. The van der Waals surface area contributed by atoms with Gasteiger partial charge in [-0.2, -0.15) is 0 Å². The third-order valence-corrected chi connectivity index (χ3v) is 4.36. The van der Waals surface area contributed by atoms with E-state index in [9.17, 15) is 0 Å². The van der Waals surface area contributed by atoms with E-state index in [1.165, 1.54) is 4.70 Å². The van der Waals surface area contributed by atoms with Gasteiger partial charge in [-0.05, 0) is 41.8 Å². The molecule has 0 aliphatic heterocycles. The molecule has 0 bridgehead atoms. The predicted molar refractivity (Wildman–Crippen MR) is 82.0 cm³/mol. The quantitative estimate of drug-likeness (QED) is 0.779. The summed E-state index contributed by atoms with van der Waals surface area (Å²) in [5.41, 5.74) is 3.25. The minimum absolute atomic E-state index is 0.0627. The lowest BCUT2D eigenvalue weighted by Gasteiger charge is -2.18. The number of benzene rings is 1. The second kappa shape index (κ2) is 5.29. The molecule has 0 aliphatic rings. The summed E-state index contributed by atoms with van der Waals surface area (Å²) in [6, 6.07) is 12.2. The minimum Gasteiger partial charge on any atom is -0.309 e. The van der Waals surface area contributed by atoms with E-state index in [0.717, 1.165) is 21.7 Å². The Balaban J connectivity index is 2.09. The van der Waals surface area contributed by atoms with Gasteiger partial charge in [-0.25, -0.2) is 0 Å². The van der Waals surface area contributed by atoms with Crippen LogP contribution < -0.4 is 5.32 Å². The molecule has 3 aromatic rings. The number of pyridine rings is 1. The lowest BCUT2D eigenvalue weighted by molar-refractivity contribution is 0.690. The molecule has 19 heavy (non-hydrogen) atoms. The molecule has 1 unspecified atom stereocenters. The normalized spacial score (nSPS) is 12.7. The fraction of sp³-hybridized carbons (Fsp3) is 0.133. The number of nitrogens with one attached hydrogen (secondary N) is 1. The lowest BCUT2D eigenvalue weighted by atomic mass is 10.0. The van der Waals surface area contributed by atoms with E-state index in [0.29, 0.717) is 0 Å². The highest BCUT2D eigenvalue weighted by atomic mass is 35.5. The molecule has 0 saturated carbocycles. The van der Waals surface area contributed by atoms with Gasteiger partial charge in [0.25, 0.3) is 0 Å². The maximum absolute atomic E-state index is 6.29. The molecule has 0 amide bonds. The first-order valence-electron chi connectivity index (χ1n) is 6.04. The molecule has 0 saturated heterocycles. The number of nitrogens with zero attached hydrogens (tertiary/aromatic N) is 1. The van der Waals surface area contributed by atoms with E-state index < -0.39 is 0 Å². The Hall–Kier alpha value is -1.42. The molecule has 96 valence electrons. The number of hydrogen-bond acceptors (Lipinski definition) is 3. The Labute approximate surface area is 121 Å². The van der Waals surface area contributed by atoms with Crippen molar-refractivity contribution in [3.05, 3.63) is 64.1 Å². The molecular weight excluding hydrogens is 276 g/mol. The zero-order valence-corrected chi connectivity index (χ0v) is 12.0. The SMILES string of the molecule is CNC(c1cnc2ccsc2c1)c1ccccc1Cl. The van der Waals surface area contributed by atoms with E-state index in [2.05, 4.69) is 21.7 Å². The highest BCUT2D eigenvalue weighted by Crippen LogP contribution is 2.30. The molecule has 0 radical (unpaired) electrons. The maximum Gasteiger partial charge on any atom is 0.0809 e. The zero-order valence-electron chi connectivity index (χ0n) is 10.4. The summed E-state index contributed by atoms with van der Waals surface area (Å²) in [5.74, 6) is 0. The molecular formula is C15H13ClN2S. The van der Waals surface area contributed by atoms with Crippen molar-refractivity contribution in [2.45, 2.75) is 6.04 Å². The second-order valence-corrected chi connectivity index (χ2v) is 5.67. The fourth-order valence-corrected chi connectivity index (χ4v) is 3.26. The Bertz CT molecular complexity index is 708. The second-order valence-electron chi connectivity index (χ2n) is 4.32. The zero-order chi connectivity index (χ0) is 13.2. The molecule has 0 spiro atoms. The molecule has 1 aromatic carbocycles. The summed E-state index contributed by atoms with van der Waals surface area (Å²) in [5, 5.41) is 6.14. The van der Waals surface area contributed by atoms with E-state index in [-0.39, 0.29) is 6.04 Å². The highest BCUT2D eigenvalue weighted by Gasteiger charge is 2.15. The number of aromatic nitrogens is 1. The van der Waals surface area contributed by atoms with Crippen molar-refractivity contribution in [3.8, 4) is 0 Å². The Morgan fingerprint density at radius 2 is 2.11 bits per heavy atom. The Morgan fingerprint density at radius 1 is 1.26 bits per heavy atom. The molecule has 2 heterocycles. The molecule has 1 atom stereocenters. The molecule has 1 N–H and O–H groups in total. The highest BCUT2D eigenvalue weighted by molar-refractivity contribution is 7.17. The van der Waals surface area contributed by atoms with E-state index in [4.69, 9.17) is 11.6 Å². The average Bonchev–Trinajstić information content (AvgIpc) is 2.89. The van der Waals surface area contributed by atoms with Crippen LogP contribution in [0, 0.1) is 0 Å². The van der Waals surface area contributed by atoms with Crippen molar-refractivity contribution in [2.24, 2.45) is 0 Å². The Kier molecular flexibility index (Phi) is 3.51. The van der Waals surface area contributed by atoms with Gasteiger partial charge >= 0.3 is 0 Å². The molecule has 2 nitrogen and oxygen atoms in total. The Morgan fingerprint density at radius 3 is 2.89 bits per heavy atom. The van der Waals surface area contributed by atoms with E-state index in [1.807, 2.05) is 43.6 Å². The summed E-state index contributed by atoms with van der Waals surface area (Å²) in [7, 11) is 1.94. The summed E-state index contributed by atoms with van der Waals surface area (Å²) >= 11 is 7.99. The molecule has 0 fully saturated rings. The van der Waals surface area contributed by atoms with E-state index in [1.54, 1.807) is 11.3 Å². The van der Waals surface area contributed by atoms with Crippen LogP contribution in [0.25, 0.3) is 10.2 Å². The van der Waals surface area contributed by atoms with Crippen LogP contribution in [0.4, 0.5) is 0 Å². The van der Waals surface area contributed by atoms with Crippen LogP contribution in [0.2, 0.25) is 5.02 Å². The van der Waals surface area contributed by atoms with Crippen LogP contribution in [0.15, 0.2) is 48.0 Å². The first kappa shape index (κ1) is 12.6. The predicted octanol–water partition coefficient (Wildman–Crippen LogP) is 4.26. The standard InChI is InChI=1S/C15H13ClN2S/c1-17-15(11-4-2-3-5-12(11)16)10-8-14-13(18-9-10)6-7-19-14/h2-9,15,17H,1H3. The number of fused-ring (bicyclic) bond motifs is 1. The first-order chi connectivity index (χ1) is 9.29. The van der Waals surface area contributed by atoms with E-state index >= 15 is 0 Å². The van der Waals surface area contributed by atoms with Crippen LogP contribution in [0.1, 0.15) is 17.2 Å². The van der Waals surface area contributed by atoms with Gasteiger partial charge in [-0.15, -0.1) is 11.3 Å². The lowest BCUT2D eigenvalue weighted by Crippen LogP contribution is -2.18. The van der Waals surface area contributed by atoms with Crippen molar-refractivity contribution in [2.75, 3.05) is 7.05 Å². The average molecular weight is 289 g/mol. The van der Waals surface area contributed by atoms with Crippen LogP contribution in [0.5, 0.6) is 0 Å². The van der Waals surface area contributed by atoms with Crippen LogP contribution >= 0.6 is 22.9 Å². The first-order valence-corrected chi connectivity index (χ1v) is 7.30. The van der Waals surface area contributed by atoms with Gasteiger partial charge in [0, 0.05) is 11.2 Å². The number of rotatable bonds is 3. The van der Waals surface area contributed by atoms with Gasteiger partial charge < -0.3 is 5.32 Å². The van der Waals surface area contributed by atoms with Gasteiger partial charge in [0.15, 0.2) is 0 Å². The topological polar surface area (TPSA) is 24.9 Å².